The second-order valence-electron chi connectivity index (χ2n) is 9.29. The first-order valence-corrected chi connectivity index (χ1v) is 14.0. The highest BCUT2D eigenvalue weighted by Crippen LogP contribution is 2.52. The number of rotatable bonds is 2. The number of aromatic hydroxyl groups is 2. The van der Waals surface area contributed by atoms with E-state index >= 15 is 0 Å². The molecule has 0 saturated carbocycles. The van der Waals surface area contributed by atoms with Gasteiger partial charge in [0.2, 0.25) is 0 Å². The molecule has 7 rings (SSSR count). The van der Waals surface area contributed by atoms with Crippen LogP contribution < -0.4 is 4.74 Å². The van der Waals surface area contributed by atoms with Gasteiger partial charge in [-0.3, -0.25) is 0 Å². The summed E-state index contributed by atoms with van der Waals surface area (Å²) in [6.07, 6.45) is 0. The van der Waals surface area contributed by atoms with Gasteiger partial charge >= 0.3 is 0 Å². The van der Waals surface area contributed by atoms with E-state index in [-0.39, 0.29) is 17.4 Å². The molecule has 0 unspecified atom stereocenters. The Morgan fingerprint density at radius 3 is 1.48 bits per heavy atom. The molecule has 0 amide bonds. The first-order valence-electron chi connectivity index (χ1n) is 14.0. The van der Waals surface area contributed by atoms with Crippen molar-refractivity contribution in [3.05, 3.63) is 132 Å². The molecule has 0 spiro atoms. The van der Waals surface area contributed by atoms with Crippen molar-refractivity contribution in [1.82, 2.24) is 0 Å². The van der Waals surface area contributed by atoms with Crippen LogP contribution in [0.5, 0.6) is 23.0 Å². The van der Waals surface area contributed by atoms with Crippen molar-refractivity contribution in [2.45, 2.75) is 33.6 Å². The van der Waals surface area contributed by atoms with Gasteiger partial charge in [0, 0.05) is 17.0 Å². The second kappa shape index (κ2) is 11.5. The third kappa shape index (κ3) is 4.76. The minimum Gasteiger partial charge on any atom is -0.508 e. The summed E-state index contributed by atoms with van der Waals surface area (Å²) in [6, 6.07) is 38.1. The first kappa shape index (κ1) is 26.8. The van der Waals surface area contributed by atoms with Crippen molar-refractivity contribution in [3.8, 4) is 34.1 Å². The fraction of sp³-hybridized carbons (Fsp3) is 0.135. The molecule has 0 aromatic heterocycles. The van der Waals surface area contributed by atoms with E-state index < -0.39 is 0 Å². The van der Waals surface area contributed by atoms with Crippen LogP contribution in [0.3, 0.4) is 0 Å². The van der Waals surface area contributed by atoms with Crippen LogP contribution in [0.25, 0.3) is 32.7 Å². The van der Waals surface area contributed by atoms with E-state index in [0.717, 1.165) is 55.3 Å². The van der Waals surface area contributed by atoms with Crippen molar-refractivity contribution in [3.63, 3.8) is 0 Å². The lowest BCUT2D eigenvalue weighted by Crippen LogP contribution is -2.13. The molecule has 200 valence electrons. The summed E-state index contributed by atoms with van der Waals surface area (Å²) in [6.45, 7) is 8.00. The molecule has 3 nitrogen and oxygen atoms in total. The predicted octanol–water partition coefficient (Wildman–Crippen LogP) is 10.4. The van der Waals surface area contributed by atoms with Gasteiger partial charge in [0.05, 0.1) is 0 Å². The van der Waals surface area contributed by atoms with Gasteiger partial charge in [-0.1, -0.05) is 107 Å². The summed E-state index contributed by atoms with van der Waals surface area (Å²) in [5.74, 6) is 2.02. The Morgan fingerprint density at radius 1 is 0.500 bits per heavy atom. The molecule has 1 heterocycles. The highest BCUT2D eigenvalue weighted by Gasteiger charge is 2.32. The summed E-state index contributed by atoms with van der Waals surface area (Å²) >= 11 is 0. The largest absolute Gasteiger partial charge is 0.508 e. The molecule has 1 aliphatic rings. The fourth-order valence-electron chi connectivity index (χ4n) is 5.51. The van der Waals surface area contributed by atoms with Crippen LogP contribution in [0.15, 0.2) is 115 Å². The lowest BCUT2D eigenvalue weighted by atomic mass is 9.78. The van der Waals surface area contributed by atoms with Crippen LogP contribution in [0.2, 0.25) is 0 Å². The van der Waals surface area contributed by atoms with E-state index in [0.29, 0.717) is 0 Å². The minimum absolute atomic E-state index is 0.0879. The number of benzene rings is 6. The maximum Gasteiger partial charge on any atom is 0.132 e. The topological polar surface area (TPSA) is 49.7 Å². The Labute approximate surface area is 235 Å². The highest BCUT2D eigenvalue weighted by atomic mass is 16.5. The molecular formula is C37H34O3. The van der Waals surface area contributed by atoms with Gasteiger partial charge < -0.3 is 14.9 Å². The zero-order chi connectivity index (χ0) is 28.2. The SMILES string of the molecule is CC.CC.Oc1ccc2c3c(ccc2c1)Oc1ccc2cc(O)ccc2c1C3c1ccc(-c2ccccc2)cc1. The van der Waals surface area contributed by atoms with Crippen LogP contribution in [0, 0.1) is 0 Å². The van der Waals surface area contributed by atoms with Gasteiger partial charge in [-0.05, 0) is 74.6 Å². The summed E-state index contributed by atoms with van der Waals surface area (Å²) in [7, 11) is 0. The molecule has 3 heteroatoms. The molecule has 6 aromatic carbocycles. The number of fused-ring (bicyclic) bond motifs is 6. The van der Waals surface area contributed by atoms with E-state index in [1.807, 2.05) is 70.2 Å². The Bertz CT molecular complexity index is 1680. The summed E-state index contributed by atoms with van der Waals surface area (Å²) in [5.41, 5.74) is 5.65. The van der Waals surface area contributed by atoms with E-state index in [1.165, 1.54) is 5.56 Å². The van der Waals surface area contributed by atoms with E-state index in [2.05, 4.69) is 48.5 Å². The maximum atomic E-state index is 10.1. The quantitative estimate of drug-likeness (QED) is 0.236. The summed E-state index contributed by atoms with van der Waals surface area (Å²) in [4.78, 5) is 0. The van der Waals surface area contributed by atoms with Gasteiger partial charge in [-0.25, -0.2) is 0 Å². The van der Waals surface area contributed by atoms with E-state index in [9.17, 15) is 10.2 Å². The number of phenolic OH excluding ortho intramolecular Hbond substituents is 2. The first-order chi connectivity index (χ1) is 19.7. The molecule has 0 fully saturated rings. The molecule has 0 atom stereocenters. The van der Waals surface area contributed by atoms with Crippen LogP contribution >= 0.6 is 0 Å². The summed E-state index contributed by atoms with van der Waals surface area (Å²) in [5, 5.41) is 24.3. The van der Waals surface area contributed by atoms with Crippen molar-refractivity contribution < 1.29 is 14.9 Å². The zero-order valence-corrected chi connectivity index (χ0v) is 23.3. The third-order valence-corrected chi connectivity index (χ3v) is 7.16. The van der Waals surface area contributed by atoms with Gasteiger partial charge in [0.25, 0.3) is 0 Å². The lowest BCUT2D eigenvalue weighted by molar-refractivity contribution is 0.455. The van der Waals surface area contributed by atoms with Crippen LogP contribution in [-0.2, 0) is 0 Å². The summed E-state index contributed by atoms with van der Waals surface area (Å²) < 4.78 is 6.47. The normalized spacial score (nSPS) is 11.8. The fourth-order valence-corrected chi connectivity index (χ4v) is 5.51. The Kier molecular flexibility index (Phi) is 7.75. The number of hydrogen-bond acceptors (Lipinski definition) is 3. The third-order valence-electron chi connectivity index (χ3n) is 7.16. The molecule has 40 heavy (non-hydrogen) atoms. The standard InChI is InChI=1S/C33H22O3.2C2H6/c34-25-12-14-27-23(18-25)10-16-29-32(27)31(22-8-6-21(7-9-22)20-4-2-1-3-5-20)33-28-15-13-26(35)19-24(28)11-17-30(33)36-29;2*1-2/h1-19,31,34-35H;2*1-2H3. The highest BCUT2D eigenvalue weighted by molar-refractivity contribution is 5.96. The van der Waals surface area contributed by atoms with Crippen molar-refractivity contribution >= 4 is 21.5 Å². The van der Waals surface area contributed by atoms with E-state index in [1.54, 1.807) is 24.3 Å². The van der Waals surface area contributed by atoms with Gasteiger partial charge in [0.15, 0.2) is 0 Å². The average molecular weight is 527 g/mol. The number of hydrogen-bond donors (Lipinski definition) is 2. The minimum atomic E-state index is -0.0879. The lowest BCUT2D eigenvalue weighted by Gasteiger charge is -2.31. The Morgan fingerprint density at radius 2 is 0.975 bits per heavy atom. The molecule has 0 radical (unpaired) electrons. The van der Waals surface area contributed by atoms with Gasteiger partial charge in [0.1, 0.15) is 23.0 Å². The molecule has 1 aliphatic heterocycles. The van der Waals surface area contributed by atoms with Crippen molar-refractivity contribution in [1.29, 1.82) is 0 Å². The van der Waals surface area contributed by atoms with Crippen LogP contribution in [0.4, 0.5) is 0 Å². The molecule has 6 aromatic rings. The zero-order valence-electron chi connectivity index (χ0n) is 23.3. The predicted molar refractivity (Wildman–Crippen MR) is 167 cm³/mol. The molecular weight excluding hydrogens is 492 g/mol. The molecule has 0 saturated heterocycles. The molecule has 0 aliphatic carbocycles. The Balaban J connectivity index is 0.000000774. The van der Waals surface area contributed by atoms with Crippen molar-refractivity contribution in [2.75, 3.05) is 0 Å². The molecule has 0 bridgehead atoms. The number of phenols is 2. The van der Waals surface area contributed by atoms with Crippen LogP contribution in [0.1, 0.15) is 50.3 Å². The number of ether oxygens (including phenoxy) is 1. The monoisotopic (exact) mass is 526 g/mol. The molecule has 2 N–H and O–H groups in total. The smallest absolute Gasteiger partial charge is 0.132 e. The van der Waals surface area contributed by atoms with Gasteiger partial charge in [-0.2, -0.15) is 0 Å². The maximum absolute atomic E-state index is 10.1. The van der Waals surface area contributed by atoms with Gasteiger partial charge in [-0.15, -0.1) is 0 Å². The van der Waals surface area contributed by atoms with Crippen molar-refractivity contribution in [2.24, 2.45) is 0 Å². The van der Waals surface area contributed by atoms with Crippen LogP contribution in [-0.4, -0.2) is 10.2 Å². The second-order valence-corrected chi connectivity index (χ2v) is 9.29. The van der Waals surface area contributed by atoms with E-state index in [4.69, 9.17) is 4.74 Å². The average Bonchev–Trinajstić information content (AvgIpc) is 3.02. The Hall–Kier alpha value is -4.76.